The number of pyridine rings is 1. The fourth-order valence-corrected chi connectivity index (χ4v) is 3.22. The lowest BCUT2D eigenvalue weighted by Gasteiger charge is -2.15. The summed E-state index contributed by atoms with van der Waals surface area (Å²) in [5.74, 6) is 0.525. The molecule has 2 aromatic carbocycles. The molecule has 0 fully saturated rings. The first kappa shape index (κ1) is 15.6. The standard InChI is InChI=1S/C19H18N2OS/c1-23-12-11-15-17(19(20)22)14-9-5-6-10-16(14)21-18(15)13-7-3-2-4-8-13/h2-10H,11-12H2,1H3,(H2,20,22). The molecule has 0 bridgehead atoms. The first-order valence-electron chi connectivity index (χ1n) is 7.48. The molecule has 3 rings (SSSR count). The van der Waals surface area contributed by atoms with Gasteiger partial charge in [-0.15, -0.1) is 0 Å². The van der Waals surface area contributed by atoms with Crippen LogP contribution in [0.15, 0.2) is 54.6 Å². The van der Waals surface area contributed by atoms with Crippen LogP contribution in [0.4, 0.5) is 0 Å². The molecule has 1 heterocycles. The number of primary amides is 1. The lowest BCUT2D eigenvalue weighted by molar-refractivity contribution is 0.100. The lowest BCUT2D eigenvalue weighted by atomic mass is 9.94. The highest BCUT2D eigenvalue weighted by molar-refractivity contribution is 7.98. The van der Waals surface area contributed by atoms with Crippen LogP contribution in [-0.2, 0) is 6.42 Å². The van der Waals surface area contributed by atoms with Crippen molar-refractivity contribution in [2.45, 2.75) is 6.42 Å². The maximum Gasteiger partial charge on any atom is 0.249 e. The van der Waals surface area contributed by atoms with Crippen LogP contribution in [0.3, 0.4) is 0 Å². The van der Waals surface area contributed by atoms with E-state index in [1.807, 2.05) is 54.6 Å². The number of thioether (sulfide) groups is 1. The van der Waals surface area contributed by atoms with Gasteiger partial charge in [0.15, 0.2) is 0 Å². The highest BCUT2D eigenvalue weighted by Gasteiger charge is 2.19. The van der Waals surface area contributed by atoms with Crippen LogP contribution in [0.1, 0.15) is 15.9 Å². The van der Waals surface area contributed by atoms with E-state index < -0.39 is 5.91 Å². The summed E-state index contributed by atoms with van der Waals surface area (Å²) in [4.78, 5) is 17.0. The number of nitrogens with two attached hydrogens (primary N) is 1. The number of carbonyl (C=O) groups excluding carboxylic acids is 1. The Balaban J connectivity index is 2.35. The number of nitrogens with zero attached hydrogens (tertiary/aromatic N) is 1. The third-order valence-corrected chi connectivity index (χ3v) is 4.46. The fraction of sp³-hybridized carbons (Fsp3) is 0.158. The van der Waals surface area contributed by atoms with E-state index in [0.29, 0.717) is 5.56 Å². The third kappa shape index (κ3) is 3.08. The van der Waals surface area contributed by atoms with Gasteiger partial charge in [0, 0.05) is 10.9 Å². The smallest absolute Gasteiger partial charge is 0.249 e. The third-order valence-electron chi connectivity index (χ3n) is 3.84. The SMILES string of the molecule is CSCCc1c(-c2ccccc2)nc2ccccc2c1C(N)=O. The van der Waals surface area contributed by atoms with Gasteiger partial charge in [-0.1, -0.05) is 48.5 Å². The van der Waals surface area contributed by atoms with Crippen molar-refractivity contribution in [3.05, 3.63) is 65.7 Å². The summed E-state index contributed by atoms with van der Waals surface area (Å²) < 4.78 is 0. The van der Waals surface area contributed by atoms with Gasteiger partial charge in [0.2, 0.25) is 5.91 Å². The second-order valence-corrected chi connectivity index (χ2v) is 6.29. The summed E-state index contributed by atoms with van der Waals surface area (Å²) in [5.41, 5.74) is 9.93. The molecule has 4 heteroatoms. The zero-order valence-electron chi connectivity index (χ0n) is 13.0. The van der Waals surface area contributed by atoms with Crippen molar-refractivity contribution in [1.82, 2.24) is 4.98 Å². The summed E-state index contributed by atoms with van der Waals surface area (Å²) in [6.07, 6.45) is 2.82. The summed E-state index contributed by atoms with van der Waals surface area (Å²) in [6, 6.07) is 17.7. The number of aromatic nitrogens is 1. The van der Waals surface area contributed by atoms with Gasteiger partial charge in [0.1, 0.15) is 0 Å². The van der Waals surface area contributed by atoms with E-state index in [1.54, 1.807) is 11.8 Å². The highest BCUT2D eigenvalue weighted by atomic mass is 32.2. The summed E-state index contributed by atoms with van der Waals surface area (Å²) in [6.45, 7) is 0. The number of benzene rings is 2. The van der Waals surface area contributed by atoms with E-state index in [2.05, 4.69) is 6.26 Å². The van der Waals surface area contributed by atoms with Gasteiger partial charge in [0.05, 0.1) is 16.8 Å². The minimum absolute atomic E-state index is 0.392. The van der Waals surface area contributed by atoms with Crippen LogP contribution in [0.5, 0.6) is 0 Å². The highest BCUT2D eigenvalue weighted by Crippen LogP contribution is 2.30. The van der Waals surface area contributed by atoms with Crippen molar-refractivity contribution in [2.75, 3.05) is 12.0 Å². The zero-order chi connectivity index (χ0) is 16.2. The Kier molecular flexibility index (Phi) is 4.63. The van der Waals surface area contributed by atoms with Crippen molar-refractivity contribution in [3.63, 3.8) is 0 Å². The maximum absolute atomic E-state index is 12.2. The minimum Gasteiger partial charge on any atom is -0.366 e. The molecule has 2 N–H and O–H groups in total. The number of amides is 1. The predicted octanol–water partition coefficient (Wildman–Crippen LogP) is 3.91. The molecule has 0 spiro atoms. The molecular formula is C19H18N2OS. The molecule has 0 saturated carbocycles. The van der Waals surface area contributed by atoms with Crippen LogP contribution < -0.4 is 5.73 Å². The van der Waals surface area contributed by atoms with Gasteiger partial charge in [-0.05, 0) is 30.1 Å². The minimum atomic E-state index is -0.392. The van der Waals surface area contributed by atoms with Crippen molar-refractivity contribution in [3.8, 4) is 11.3 Å². The van der Waals surface area contributed by atoms with Gasteiger partial charge in [-0.3, -0.25) is 4.79 Å². The Bertz CT molecular complexity index is 847. The molecule has 0 atom stereocenters. The van der Waals surface area contributed by atoms with E-state index in [-0.39, 0.29) is 0 Å². The van der Waals surface area contributed by atoms with Crippen LogP contribution in [0, 0.1) is 0 Å². The molecule has 0 saturated heterocycles. The number of hydrogen-bond acceptors (Lipinski definition) is 3. The van der Waals surface area contributed by atoms with Crippen LogP contribution >= 0.6 is 11.8 Å². The van der Waals surface area contributed by atoms with Crippen LogP contribution in [0.25, 0.3) is 22.2 Å². The predicted molar refractivity (Wildman–Crippen MR) is 97.8 cm³/mol. The molecule has 23 heavy (non-hydrogen) atoms. The topological polar surface area (TPSA) is 56.0 Å². The number of rotatable bonds is 5. The van der Waals surface area contributed by atoms with E-state index in [1.165, 1.54) is 0 Å². The van der Waals surface area contributed by atoms with E-state index in [0.717, 1.165) is 39.9 Å². The zero-order valence-corrected chi connectivity index (χ0v) is 13.8. The van der Waals surface area contributed by atoms with Gasteiger partial charge >= 0.3 is 0 Å². The van der Waals surface area contributed by atoms with Crippen molar-refractivity contribution in [1.29, 1.82) is 0 Å². The van der Waals surface area contributed by atoms with Crippen LogP contribution in [0.2, 0.25) is 0 Å². The number of hydrogen-bond donors (Lipinski definition) is 1. The average molecular weight is 322 g/mol. The molecule has 0 radical (unpaired) electrons. The first-order valence-corrected chi connectivity index (χ1v) is 8.87. The van der Waals surface area contributed by atoms with Crippen LogP contribution in [-0.4, -0.2) is 22.9 Å². The second-order valence-electron chi connectivity index (χ2n) is 5.30. The fourth-order valence-electron chi connectivity index (χ4n) is 2.82. The molecule has 1 amide bonds. The second kappa shape index (κ2) is 6.84. The Morgan fingerprint density at radius 3 is 2.48 bits per heavy atom. The Labute approximate surface area is 139 Å². The normalized spacial score (nSPS) is 10.8. The van der Waals surface area contributed by atoms with Gasteiger partial charge < -0.3 is 5.73 Å². The molecule has 0 aliphatic heterocycles. The maximum atomic E-state index is 12.2. The molecule has 3 aromatic rings. The van der Waals surface area contributed by atoms with Gasteiger partial charge in [-0.25, -0.2) is 4.98 Å². The molecule has 1 aromatic heterocycles. The number of fused-ring (bicyclic) bond motifs is 1. The molecular weight excluding hydrogens is 304 g/mol. The van der Waals surface area contributed by atoms with Crippen molar-refractivity contribution >= 4 is 28.6 Å². The number of carbonyl (C=O) groups is 1. The Hall–Kier alpha value is -2.33. The van der Waals surface area contributed by atoms with E-state index in [4.69, 9.17) is 10.7 Å². The quantitative estimate of drug-likeness (QED) is 0.775. The molecule has 116 valence electrons. The van der Waals surface area contributed by atoms with Crippen molar-refractivity contribution < 1.29 is 4.79 Å². The first-order chi connectivity index (χ1) is 11.2. The molecule has 3 nitrogen and oxygen atoms in total. The Morgan fingerprint density at radius 1 is 1.09 bits per heavy atom. The van der Waals surface area contributed by atoms with E-state index >= 15 is 0 Å². The van der Waals surface area contributed by atoms with Gasteiger partial charge in [0.25, 0.3) is 0 Å². The average Bonchev–Trinajstić information content (AvgIpc) is 2.59. The summed E-state index contributed by atoms with van der Waals surface area (Å²) >= 11 is 1.75. The number of para-hydroxylation sites is 1. The monoisotopic (exact) mass is 322 g/mol. The summed E-state index contributed by atoms with van der Waals surface area (Å²) in [5, 5.41) is 0.829. The molecule has 0 aliphatic rings. The van der Waals surface area contributed by atoms with Crippen molar-refractivity contribution in [2.24, 2.45) is 5.73 Å². The molecule has 0 aliphatic carbocycles. The largest absolute Gasteiger partial charge is 0.366 e. The van der Waals surface area contributed by atoms with Gasteiger partial charge in [-0.2, -0.15) is 11.8 Å². The lowest BCUT2D eigenvalue weighted by Crippen LogP contribution is -2.16. The Morgan fingerprint density at radius 2 is 1.78 bits per heavy atom. The summed E-state index contributed by atoms with van der Waals surface area (Å²) in [7, 11) is 0. The van der Waals surface area contributed by atoms with E-state index in [9.17, 15) is 4.79 Å². The molecule has 0 unspecified atom stereocenters.